The van der Waals surface area contributed by atoms with E-state index in [0.29, 0.717) is 0 Å². The fraction of sp³-hybridized carbons (Fsp3) is 0.889. The molecule has 1 fully saturated rings. The maximum Gasteiger partial charge on any atom is 0.319 e. The Hall–Kier alpha value is -0.440. The second-order valence-electron chi connectivity index (χ2n) is 3.34. The van der Waals surface area contributed by atoms with Crippen LogP contribution in [0, 0.1) is 0 Å². The average molecular weight is 207 g/mol. The Bertz CT molecular complexity index is 158. The number of piperidine rings is 1. The van der Waals surface area contributed by atoms with Gasteiger partial charge in [0.05, 0.1) is 0 Å². The molecule has 2 amide bonds. The van der Waals surface area contributed by atoms with Crippen LogP contribution in [0.1, 0.15) is 26.2 Å². The zero-order valence-corrected chi connectivity index (χ0v) is 9.27. The maximum absolute atomic E-state index is 11.6. The topological polar surface area (TPSA) is 23.6 Å². The summed E-state index contributed by atoms with van der Waals surface area (Å²) < 4.78 is 0. The summed E-state index contributed by atoms with van der Waals surface area (Å²) in [6.07, 6.45) is 3.62. The van der Waals surface area contributed by atoms with Crippen molar-refractivity contribution in [3.05, 3.63) is 0 Å². The molecule has 4 heteroatoms. The van der Waals surface area contributed by atoms with Gasteiger partial charge < -0.3 is 9.80 Å². The molecule has 0 aromatic rings. The molecule has 0 bridgehead atoms. The third-order valence-corrected chi connectivity index (χ3v) is 2.43. The highest BCUT2D eigenvalue weighted by atomic mass is 35.5. The van der Waals surface area contributed by atoms with Gasteiger partial charge in [0, 0.05) is 26.7 Å². The van der Waals surface area contributed by atoms with Gasteiger partial charge in [0.2, 0.25) is 0 Å². The van der Waals surface area contributed by atoms with Crippen molar-refractivity contribution in [1.29, 1.82) is 0 Å². The minimum atomic E-state index is 0. The van der Waals surface area contributed by atoms with Crippen molar-refractivity contribution < 1.29 is 4.79 Å². The zero-order chi connectivity index (χ0) is 8.97. The number of carbonyl (C=O) groups is 1. The number of amides is 2. The lowest BCUT2D eigenvalue weighted by atomic mass is 10.1. The molecule has 1 aliphatic rings. The lowest BCUT2D eigenvalue weighted by molar-refractivity contribution is 0.155. The Morgan fingerprint density at radius 3 is 2.31 bits per heavy atom. The van der Waals surface area contributed by atoms with Gasteiger partial charge in [0.15, 0.2) is 0 Å². The fourth-order valence-corrected chi connectivity index (χ4v) is 1.46. The van der Waals surface area contributed by atoms with Crippen LogP contribution in [0.4, 0.5) is 4.79 Å². The summed E-state index contributed by atoms with van der Waals surface area (Å²) in [7, 11) is 1.86. The van der Waals surface area contributed by atoms with E-state index in [9.17, 15) is 4.79 Å². The van der Waals surface area contributed by atoms with Gasteiger partial charge in [-0.2, -0.15) is 0 Å². The molecular weight excluding hydrogens is 188 g/mol. The van der Waals surface area contributed by atoms with Gasteiger partial charge in [-0.05, 0) is 26.2 Å². The van der Waals surface area contributed by atoms with Crippen LogP contribution in [0.15, 0.2) is 0 Å². The first kappa shape index (κ1) is 12.6. The van der Waals surface area contributed by atoms with Gasteiger partial charge in [0.25, 0.3) is 0 Å². The van der Waals surface area contributed by atoms with E-state index in [1.54, 1.807) is 4.90 Å². The molecule has 1 rings (SSSR count). The van der Waals surface area contributed by atoms with Gasteiger partial charge in [-0.15, -0.1) is 12.4 Å². The van der Waals surface area contributed by atoms with Crippen LogP contribution in [0.3, 0.4) is 0 Å². The number of hydrogen-bond donors (Lipinski definition) is 0. The molecule has 1 saturated heterocycles. The predicted molar refractivity (Wildman–Crippen MR) is 56.4 cm³/mol. The number of halogens is 1. The molecule has 78 valence electrons. The van der Waals surface area contributed by atoms with Crippen molar-refractivity contribution in [1.82, 2.24) is 9.80 Å². The van der Waals surface area contributed by atoms with Crippen molar-refractivity contribution in [2.45, 2.75) is 26.2 Å². The highest BCUT2D eigenvalue weighted by molar-refractivity contribution is 5.85. The molecule has 0 unspecified atom stereocenters. The lowest BCUT2D eigenvalue weighted by Gasteiger charge is -2.30. The minimum absolute atomic E-state index is 0. The van der Waals surface area contributed by atoms with E-state index in [-0.39, 0.29) is 18.4 Å². The summed E-state index contributed by atoms with van der Waals surface area (Å²) in [5.74, 6) is 0. The molecule has 0 aromatic carbocycles. The summed E-state index contributed by atoms with van der Waals surface area (Å²) in [6.45, 7) is 4.70. The molecule has 1 heterocycles. The van der Waals surface area contributed by atoms with Gasteiger partial charge in [-0.1, -0.05) is 0 Å². The molecule has 0 radical (unpaired) electrons. The summed E-state index contributed by atoms with van der Waals surface area (Å²) in [4.78, 5) is 15.3. The molecule has 0 aliphatic carbocycles. The van der Waals surface area contributed by atoms with Crippen LogP contribution in [0.25, 0.3) is 0 Å². The van der Waals surface area contributed by atoms with Crippen molar-refractivity contribution in [2.24, 2.45) is 0 Å². The van der Waals surface area contributed by atoms with Gasteiger partial charge in [0.1, 0.15) is 0 Å². The first-order chi connectivity index (χ1) is 5.75. The van der Waals surface area contributed by atoms with Gasteiger partial charge in [-0.3, -0.25) is 0 Å². The van der Waals surface area contributed by atoms with Crippen LogP contribution in [0.2, 0.25) is 0 Å². The molecule has 0 spiro atoms. The van der Waals surface area contributed by atoms with Crippen molar-refractivity contribution in [2.75, 3.05) is 26.7 Å². The Morgan fingerprint density at radius 1 is 1.31 bits per heavy atom. The SMILES string of the molecule is CCN(C)C(=O)N1CCCCC1.Cl. The quantitative estimate of drug-likeness (QED) is 0.644. The van der Waals surface area contributed by atoms with E-state index in [2.05, 4.69) is 0 Å². The van der Waals surface area contributed by atoms with E-state index in [1.165, 1.54) is 19.3 Å². The summed E-state index contributed by atoms with van der Waals surface area (Å²) in [5, 5.41) is 0. The third-order valence-electron chi connectivity index (χ3n) is 2.43. The Balaban J connectivity index is 0.00000144. The third kappa shape index (κ3) is 3.43. The lowest BCUT2D eigenvalue weighted by Crippen LogP contribution is -2.43. The number of urea groups is 1. The molecule has 13 heavy (non-hydrogen) atoms. The Morgan fingerprint density at radius 2 is 1.85 bits per heavy atom. The van der Waals surface area contributed by atoms with E-state index in [4.69, 9.17) is 0 Å². The normalized spacial score (nSPS) is 16.3. The molecule has 0 atom stereocenters. The first-order valence-corrected chi connectivity index (χ1v) is 4.75. The predicted octanol–water partition coefficient (Wildman–Crippen LogP) is 1.97. The molecule has 3 nitrogen and oxygen atoms in total. The van der Waals surface area contributed by atoms with Crippen molar-refractivity contribution in [3.8, 4) is 0 Å². The van der Waals surface area contributed by atoms with Gasteiger partial charge in [-0.25, -0.2) is 4.79 Å². The monoisotopic (exact) mass is 206 g/mol. The van der Waals surface area contributed by atoms with Crippen LogP contribution < -0.4 is 0 Å². The molecular formula is C9H19ClN2O. The minimum Gasteiger partial charge on any atom is -0.328 e. The standard InChI is InChI=1S/C9H18N2O.ClH/c1-3-10(2)9(12)11-7-5-4-6-8-11;/h3-8H2,1-2H3;1H. The fourth-order valence-electron chi connectivity index (χ4n) is 1.46. The second-order valence-corrected chi connectivity index (χ2v) is 3.34. The molecule has 1 aliphatic heterocycles. The van der Waals surface area contributed by atoms with Crippen LogP contribution in [0.5, 0.6) is 0 Å². The summed E-state index contributed by atoms with van der Waals surface area (Å²) in [6, 6.07) is 0.192. The van der Waals surface area contributed by atoms with Gasteiger partial charge >= 0.3 is 6.03 Å². The smallest absolute Gasteiger partial charge is 0.319 e. The number of nitrogens with zero attached hydrogens (tertiary/aromatic N) is 2. The van der Waals surface area contributed by atoms with Crippen LogP contribution in [-0.2, 0) is 0 Å². The molecule has 0 saturated carbocycles. The Labute approximate surface area is 86.5 Å². The zero-order valence-electron chi connectivity index (χ0n) is 8.45. The number of rotatable bonds is 1. The highest BCUT2D eigenvalue weighted by Crippen LogP contribution is 2.10. The molecule has 0 aromatic heterocycles. The molecule has 0 N–H and O–H groups in total. The maximum atomic E-state index is 11.6. The van der Waals surface area contributed by atoms with E-state index < -0.39 is 0 Å². The van der Waals surface area contributed by atoms with E-state index >= 15 is 0 Å². The average Bonchev–Trinajstić information content (AvgIpc) is 2.17. The van der Waals surface area contributed by atoms with E-state index in [0.717, 1.165) is 19.6 Å². The first-order valence-electron chi connectivity index (χ1n) is 4.75. The van der Waals surface area contributed by atoms with Crippen molar-refractivity contribution >= 4 is 18.4 Å². The highest BCUT2D eigenvalue weighted by Gasteiger charge is 2.18. The number of likely N-dealkylation sites (tertiary alicyclic amines) is 1. The largest absolute Gasteiger partial charge is 0.328 e. The van der Waals surface area contributed by atoms with E-state index in [1.807, 2.05) is 18.9 Å². The number of carbonyl (C=O) groups excluding carboxylic acids is 1. The van der Waals surface area contributed by atoms with Crippen molar-refractivity contribution in [3.63, 3.8) is 0 Å². The van der Waals surface area contributed by atoms with Crippen LogP contribution >= 0.6 is 12.4 Å². The number of hydrogen-bond acceptors (Lipinski definition) is 1. The summed E-state index contributed by atoms with van der Waals surface area (Å²) in [5.41, 5.74) is 0. The Kier molecular flexibility index (Phi) is 5.88. The van der Waals surface area contributed by atoms with Crippen LogP contribution in [-0.4, -0.2) is 42.5 Å². The second kappa shape index (κ2) is 6.08. The summed E-state index contributed by atoms with van der Waals surface area (Å²) >= 11 is 0.